The Morgan fingerprint density at radius 3 is 2.57 bits per heavy atom. The molecule has 0 spiro atoms. The second kappa shape index (κ2) is 6.94. The topological polar surface area (TPSA) is 63.1 Å². The fourth-order valence-electron chi connectivity index (χ4n) is 2.97. The van der Waals surface area contributed by atoms with Gasteiger partial charge in [-0.15, -0.1) is 0 Å². The Bertz CT molecular complexity index is 557. The summed E-state index contributed by atoms with van der Waals surface area (Å²) in [5.74, 6) is 0.503. The van der Waals surface area contributed by atoms with Gasteiger partial charge in [-0.05, 0) is 45.7 Å². The van der Waals surface area contributed by atoms with Gasteiger partial charge in [-0.2, -0.15) is 0 Å². The molecule has 21 heavy (non-hydrogen) atoms. The van der Waals surface area contributed by atoms with Crippen LogP contribution < -0.4 is 10.0 Å². The van der Waals surface area contributed by atoms with Gasteiger partial charge in [0.2, 0.25) is 10.0 Å². The molecule has 1 saturated carbocycles. The third-order valence-corrected chi connectivity index (χ3v) is 5.56. The van der Waals surface area contributed by atoms with E-state index in [0.29, 0.717) is 23.9 Å². The van der Waals surface area contributed by atoms with Gasteiger partial charge < -0.3 is 9.88 Å². The highest BCUT2D eigenvalue weighted by Crippen LogP contribution is 2.25. The lowest BCUT2D eigenvalue weighted by Gasteiger charge is -2.12. The maximum atomic E-state index is 12.4. The van der Waals surface area contributed by atoms with Crippen molar-refractivity contribution < 1.29 is 8.42 Å². The van der Waals surface area contributed by atoms with Gasteiger partial charge in [0.05, 0.1) is 4.90 Å². The van der Waals surface area contributed by atoms with Crippen LogP contribution in [0.5, 0.6) is 0 Å². The van der Waals surface area contributed by atoms with Crippen molar-refractivity contribution in [2.24, 2.45) is 5.92 Å². The van der Waals surface area contributed by atoms with Crippen molar-refractivity contribution in [3.63, 3.8) is 0 Å². The van der Waals surface area contributed by atoms with Gasteiger partial charge in [0.25, 0.3) is 0 Å². The molecule has 1 aromatic heterocycles. The Kier molecular flexibility index (Phi) is 5.46. The molecule has 0 saturated heterocycles. The number of hydrogen-bond donors (Lipinski definition) is 2. The molecule has 0 radical (unpaired) electrons. The molecule has 1 fully saturated rings. The molecule has 1 aromatic rings. The zero-order valence-corrected chi connectivity index (χ0v) is 14.0. The molecule has 6 heteroatoms. The second-order valence-electron chi connectivity index (χ2n) is 6.20. The van der Waals surface area contributed by atoms with E-state index in [0.717, 1.165) is 18.5 Å². The molecule has 2 rings (SSSR count). The van der Waals surface area contributed by atoms with E-state index in [1.807, 2.05) is 11.6 Å². The Labute approximate surface area is 128 Å². The standard InChI is InChI=1S/C15H27N3O2S/c1-12(2)18-11-15(8-14(18)10-16-3)21(19,20)17-9-13-6-4-5-7-13/h8,11-13,16-17H,4-7,9-10H2,1-3H3. The summed E-state index contributed by atoms with van der Waals surface area (Å²) < 4.78 is 29.7. The van der Waals surface area contributed by atoms with Crippen molar-refractivity contribution in [3.05, 3.63) is 18.0 Å². The van der Waals surface area contributed by atoms with Gasteiger partial charge >= 0.3 is 0 Å². The molecule has 0 bridgehead atoms. The van der Waals surface area contributed by atoms with Crippen LogP contribution in [-0.2, 0) is 16.6 Å². The third-order valence-electron chi connectivity index (χ3n) is 4.17. The predicted octanol–water partition coefficient (Wildman–Crippen LogP) is 2.26. The Balaban J connectivity index is 2.12. The maximum absolute atomic E-state index is 12.4. The van der Waals surface area contributed by atoms with Crippen LogP contribution in [0.3, 0.4) is 0 Å². The molecule has 0 atom stereocenters. The van der Waals surface area contributed by atoms with Crippen LogP contribution in [-0.4, -0.2) is 26.6 Å². The van der Waals surface area contributed by atoms with Crippen molar-refractivity contribution in [3.8, 4) is 0 Å². The van der Waals surface area contributed by atoms with E-state index in [-0.39, 0.29) is 6.04 Å². The summed E-state index contributed by atoms with van der Waals surface area (Å²) in [4.78, 5) is 0.374. The minimum atomic E-state index is -3.40. The summed E-state index contributed by atoms with van der Waals surface area (Å²) in [5.41, 5.74) is 0.994. The van der Waals surface area contributed by atoms with Gasteiger partial charge in [0.1, 0.15) is 0 Å². The van der Waals surface area contributed by atoms with Crippen LogP contribution in [0.25, 0.3) is 0 Å². The van der Waals surface area contributed by atoms with E-state index < -0.39 is 10.0 Å². The number of hydrogen-bond acceptors (Lipinski definition) is 3. The summed E-state index contributed by atoms with van der Waals surface area (Å²) in [6.07, 6.45) is 6.47. The zero-order valence-electron chi connectivity index (χ0n) is 13.2. The molecule has 1 aliphatic rings. The first-order valence-corrected chi connectivity index (χ1v) is 9.27. The van der Waals surface area contributed by atoms with Crippen molar-refractivity contribution in [2.45, 2.75) is 57.0 Å². The van der Waals surface area contributed by atoms with Crippen molar-refractivity contribution >= 4 is 10.0 Å². The summed E-state index contributed by atoms with van der Waals surface area (Å²) in [7, 11) is -1.53. The molecular formula is C15H27N3O2S. The summed E-state index contributed by atoms with van der Waals surface area (Å²) in [5, 5.41) is 3.08. The van der Waals surface area contributed by atoms with Crippen LogP contribution >= 0.6 is 0 Å². The number of aromatic nitrogens is 1. The first-order chi connectivity index (χ1) is 9.94. The maximum Gasteiger partial charge on any atom is 0.242 e. The van der Waals surface area contributed by atoms with Gasteiger partial charge in [0, 0.05) is 31.0 Å². The lowest BCUT2D eigenvalue weighted by atomic mass is 10.1. The van der Waals surface area contributed by atoms with Gasteiger partial charge in [-0.25, -0.2) is 13.1 Å². The van der Waals surface area contributed by atoms with Crippen molar-refractivity contribution in [2.75, 3.05) is 13.6 Å². The van der Waals surface area contributed by atoms with E-state index in [2.05, 4.69) is 23.9 Å². The molecule has 1 aliphatic carbocycles. The third kappa shape index (κ3) is 4.08. The number of rotatable bonds is 7. The first-order valence-electron chi connectivity index (χ1n) is 7.79. The average Bonchev–Trinajstić information content (AvgIpc) is 3.06. The molecule has 0 aliphatic heterocycles. The van der Waals surface area contributed by atoms with E-state index >= 15 is 0 Å². The van der Waals surface area contributed by atoms with Gasteiger partial charge in [0.15, 0.2) is 0 Å². The minimum absolute atomic E-state index is 0.243. The second-order valence-corrected chi connectivity index (χ2v) is 7.97. The van der Waals surface area contributed by atoms with E-state index in [1.165, 1.54) is 12.8 Å². The highest BCUT2D eigenvalue weighted by atomic mass is 32.2. The Hall–Kier alpha value is -0.850. The van der Waals surface area contributed by atoms with E-state index in [1.54, 1.807) is 12.3 Å². The summed E-state index contributed by atoms with van der Waals surface area (Å²) in [6, 6.07) is 2.01. The highest BCUT2D eigenvalue weighted by Gasteiger charge is 2.22. The fourth-order valence-corrected chi connectivity index (χ4v) is 4.14. The minimum Gasteiger partial charge on any atom is -0.346 e. The van der Waals surface area contributed by atoms with Gasteiger partial charge in [-0.3, -0.25) is 0 Å². The predicted molar refractivity (Wildman–Crippen MR) is 84.7 cm³/mol. The smallest absolute Gasteiger partial charge is 0.242 e. The average molecular weight is 313 g/mol. The fraction of sp³-hybridized carbons (Fsp3) is 0.733. The molecule has 5 nitrogen and oxygen atoms in total. The van der Waals surface area contributed by atoms with Gasteiger partial charge in [-0.1, -0.05) is 12.8 Å². The lowest BCUT2D eigenvalue weighted by Crippen LogP contribution is -2.28. The quantitative estimate of drug-likeness (QED) is 0.811. The van der Waals surface area contributed by atoms with Crippen LogP contribution in [0.1, 0.15) is 51.3 Å². The monoisotopic (exact) mass is 313 g/mol. The number of nitrogens with zero attached hydrogens (tertiary/aromatic N) is 1. The molecular weight excluding hydrogens is 286 g/mol. The summed E-state index contributed by atoms with van der Waals surface area (Å²) >= 11 is 0. The SMILES string of the molecule is CNCc1cc(S(=O)(=O)NCC2CCCC2)cn1C(C)C. The Morgan fingerprint density at radius 1 is 1.33 bits per heavy atom. The summed E-state index contributed by atoms with van der Waals surface area (Å²) in [6.45, 7) is 5.34. The highest BCUT2D eigenvalue weighted by molar-refractivity contribution is 7.89. The molecule has 120 valence electrons. The molecule has 2 N–H and O–H groups in total. The van der Waals surface area contributed by atoms with E-state index in [9.17, 15) is 8.42 Å². The number of nitrogens with one attached hydrogen (secondary N) is 2. The van der Waals surface area contributed by atoms with Crippen LogP contribution in [0.4, 0.5) is 0 Å². The van der Waals surface area contributed by atoms with Crippen molar-refractivity contribution in [1.29, 1.82) is 0 Å². The molecule has 0 unspecified atom stereocenters. The molecule has 1 heterocycles. The van der Waals surface area contributed by atoms with Crippen LogP contribution in [0.15, 0.2) is 17.2 Å². The number of sulfonamides is 1. The Morgan fingerprint density at radius 2 is 2.00 bits per heavy atom. The van der Waals surface area contributed by atoms with Crippen molar-refractivity contribution in [1.82, 2.24) is 14.6 Å². The molecule has 0 amide bonds. The zero-order chi connectivity index (χ0) is 15.5. The van der Waals surface area contributed by atoms with Crippen LogP contribution in [0, 0.1) is 5.92 Å². The molecule has 0 aromatic carbocycles. The van der Waals surface area contributed by atoms with E-state index in [4.69, 9.17) is 0 Å². The lowest BCUT2D eigenvalue weighted by molar-refractivity contribution is 0.519. The van der Waals surface area contributed by atoms with Crippen LogP contribution in [0.2, 0.25) is 0 Å². The normalized spacial score (nSPS) is 17.0. The largest absolute Gasteiger partial charge is 0.346 e. The first kappa shape index (κ1) is 16.5.